The summed E-state index contributed by atoms with van der Waals surface area (Å²) in [6.45, 7) is 6.34. The third-order valence-electron chi connectivity index (χ3n) is 9.76. The van der Waals surface area contributed by atoms with Gasteiger partial charge < -0.3 is 9.47 Å². The van der Waals surface area contributed by atoms with Crippen molar-refractivity contribution in [2.24, 2.45) is 23.2 Å². The van der Waals surface area contributed by atoms with Gasteiger partial charge in [-0.3, -0.25) is 0 Å². The van der Waals surface area contributed by atoms with E-state index in [1.165, 1.54) is 55.2 Å². The van der Waals surface area contributed by atoms with Crippen molar-refractivity contribution in [2.75, 3.05) is 0 Å². The zero-order valence-electron chi connectivity index (χ0n) is 21.9. The lowest BCUT2D eigenvalue weighted by molar-refractivity contribution is 0.00513. The van der Waals surface area contributed by atoms with Gasteiger partial charge in [0.1, 0.15) is 12.4 Å². The summed E-state index contributed by atoms with van der Waals surface area (Å²) in [4.78, 5) is 0. The lowest BCUT2D eigenvalue weighted by Gasteiger charge is -2.53. The molecule has 2 fully saturated rings. The van der Waals surface area contributed by atoms with Crippen LogP contribution >= 0.6 is 0 Å². The zero-order chi connectivity index (χ0) is 24.5. The summed E-state index contributed by atoms with van der Waals surface area (Å²) in [6, 6.07) is 28.1. The number of benzene rings is 3. The standard InChI is InChI=1S/C34H40O2/c1-3-34-20-24(2)33-30-17-15-28(35-22-25-10-6-4-7-11-25)18-27(30)14-16-31(33)32(34)19-29(21-34)36-23-26-12-8-5-9-13-26/h4-13,15,17-18,24,29,31-33H,3,14,16,19-23H2,1-2H3/t24-,29+,31-,32-,33+,34+/m0/s1. The van der Waals surface area contributed by atoms with Crippen LogP contribution in [0.1, 0.15) is 74.1 Å². The molecule has 0 radical (unpaired) electrons. The number of aryl methyl sites for hydroxylation is 1. The van der Waals surface area contributed by atoms with Gasteiger partial charge in [-0.25, -0.2) is 0 Å². The van der Waals surface area contributed by atoms with Gasteiger partial charge in [-0.1, -0.05) is 87.0 Å². The average molecular weight is 481 g/mol. The molecule has 3 aliphatic carbocycles. The Kier molecular flexibility index (Phi) is 6.65. The second-order valence-corrected chi connectivity index (χ2v) is 11.7. The number of rotatable bonds is 7. The van der Waals surface area contributed by atoms with Gasteiger partial charge in [0, 0.05) is 0 Å². The van der Waals surface area contributed by atoms with Gasteiger partial charge in [-0.2, -0.15) is 0 Å². The molecule has 2 nitrogen and oxygen atoms in total. The van der Waals surface area contributed by atoms with Crippen LogP contribution in [0.4, 0.5) is 0 Å². The van der Waals surface area contributed by atoms with Crippen molar-refractivity contribution in [1.29, 1.82) is 0 Å². The van der Waals surface area contributed by atoms with Gasteiger partial charge >= 0.3 is 0 Å². The summed E-state index contributed by atoms with van der Waals surface area (Å²) < 4.78 is 12.7. The third kappa shape index (κ3) is 4.50. The Labute approximate surface area is 217 Å². The van der Waals surface area contributed by atoms with Gasteiger partial charge in [-0.05, 0) is 95.6 Å². The molecule has 0 bridgehead atoms. The van der Waals surface area contributed by atoms with Gasteiger partial charge in [0.25, 0.3) is 0 Å². The SMILES string of the molecule is CC[C@@]12C[C@H](OCc3ccccc3)C[C@H]1[C@@H]1CCc3cc(OCc4ccccc4)ccc3[C@H]1[C@@H](C)C2. The minimum atomic E-state index is 0.399. The summed E-state index contributed by atoms with van der Waals surface area (Å²) >= 11 is 0. The van der Waals surface area contributed by atoms with E-state index in [4.69, 9.17) is 9.47 Å². The van der Waals surface area contributed by atoms with Crippen LogP contribution in [0.2, 0.25) is 0 Å². The molecule has 0 aliphatic heterocycles. The third-order valence-corrected chi connectivity index (χ3v) is 9.76. The topological polar surface area (TPSA) is 18.5 Å². The lowest BCUT2D eigenvalue weighted by atomic mass is 9.51. The Morgan fingerprint density at radius 1 is 0.861 bits per heavy atom. The van der Waals surface area contributed by atoms with Crippen molar-refractivity contribution >= 4 is 0 Å². The summed E-state index contributed by atoms with van der Waals surface area (Å²) in [7, 11) is 0. The molecule has 0 N–H and O–H groups in total. The monoisotopic (exact) mass is 480 g/mol. The fourth-order valence-electron chi connectivity index (χ4n) is 8.19. The highest BCUT2D eigenvalue weighted by Gasteiger charge is 2.56. The van der Waals surface area contributed by atoms with Crippen molar-refractivity contribution in [1.82, 2.24) is 0 Å². The van der Waals surface area contributed by atoms with Gasteiger partial charge in [0.05, 0.1) is 12.7 Å². The first-order valence-corrected chi connectivity index (χ1v) is 14.1. The second-order valence-electron chi connectivity index (χ2n) is 11.7. The van der Waals surface area contributed by atoms with E-state index in [0.717, 1.165) is 24.2 Å². The van der Waals surface area contributed by atoms with E-state index < -0.39 is 0 Å². The van der Waals surface area contributed by atoms with Crippen LogP contribution in [0, 0.1) is 23.2 Å². The molecule has 36 heavy (non-hydrogen) atoms. The largest absolute Gasteiger partial charge is 0.489 e. The summed E-state index contributed by atoms with van der Waals surface area (Å²) in [6.07, 6.45) is 7.99. The zero-order valence-corrected chi connectivity index (χ0v) is 21.9. The Hall–Kier alpha value is -2.58. The molecule has 6 rings (SSSR count). The second kappa shape index (κ2) is 10.1. The predicted octanol–water partition coefficient (Wildman–Crippen LogP) is 8.34. The number of hydrogen-bond donors (Lipinski definition) is 0. The van der Waals surface area contributed by atoms with E-state index in [1.807, 2.05) is 0 Å². The van der Waals surface area contributed by atoms with E-state index >= 15 is 0 Å². The Bertz CT molecular complexity index is 1160. The maximum absolute atomic E-state index is 6.55. The van der Waals surface area contributed by atoms with Crippen LogP contribution in [0.3, 0.4) is 0 Å². The van der Waals surface area contributed by atoms with E-state index in [-0.39, 0.29) is 0 Å². The normalized spacial score (nSPS) is 30.8. The lowest BCUT2D eigenvalue weighted by Crippen LogP contribution is -2.44. The number of fused-ring (bicyclic) bond motifs is 5. The Morgan fingerprint density at radius 2 is 1.58 bits per heavy atom. The highest BCUT2D eigenvalue weighted by atomic mass is 16.5. The minimum absolute atomic E-state index is 0.399. The fraction of sp³-hybridized carbons (Fsp3) is 0.471. The highest BCUT2D eigenvalue weighted by Crippen LogP contribution is 2.64. The van der Waals surface area contributed by atoms with Gasteiger partial charge in [-0.15, -0.1) is 0 Å². The maximum Gasteiger partial charge on any atom is 0.120 e. The molecular weight excluding hydrogens is 440 g/mol. The summed E-state index contributed by atoms with van der Waals surface area (Å²) in [5.41, 5.74) is 6.09. The number of ether oxygens (including phenoxy) is 2. The predicted molar refractivity (Wildman–Crippen MR) is 146 cm³/mol. The van der Waals surface area contributed by atoms with Crippen LogP contribution < -0.4 is 4.74 Å². The molecule has 3 aromatic carbocycles. The molecule has 0 unspecified atom stereocenters. The molecule has 0 heterocycles. The molecule has 3 aliphatic rings. The van der Waals surface area contributed by atoms with Gasteiger partial charge in [0.15, 0.2) is 0 Å². The first-order chi connectivity index (χ1) is 17.6. The first kappa shape index (κ1) is 23.8. The van der Waals surface area contributed by atoms with E-state index in [9.17, 15) is 0 Å². The van der Waals surface area contributed by atoms with E-state index in [0.29, 0.717) is 30.0 Å². The van der Waals surface area contributed by atoms with Crippen molar-refractivity contribution in [3.8, 4) is 5.75 Å². The average Bonchev–Trinajstić information content (AvgIpc) is 3.30. The molecular formula is C34H40O2. The van der Waals surface area contributed by atoms with E-state index in [1.54, 1.807) is 5.56 Å². The molecule has 3 aromatic rings. The van der Waals surface area contributed by atoms with Crippen molar-refractivity contribution in [3.05, 3.63) is 101 Å². The summed E-state index contributed by atoms with van der Waals surface area (Å²) in [5.74, 6) is 3.97. The van der Waals surface area contributed by atoms with Crippen molar-refractivity contribution < 1.29 is 9.47 Å². The molecule has 0 saturated heterocycles. The van der Waals surface area contributed by atoms with Gasteiger partial charge in [0.2, 0.25) is 0 Å². The minimum Gasteiger partial charge on any atom is -0.489 e. The van der Waals surface area contributed by atoms with Crippen LogP contribution in [0.25, 0.3) is 0 Å². The van der Waals surface area contributed by atoms with E-state index in [2.05, 4.69) is 92.7 Å². The molecule has 0 aromatic heterocycles. The summed E-state index contributed by atoms with van der Waals surface area (Å²) in [5, 5.41) is 0. The maximum atomic E-state index is 6.55. The van der Waals surface area contributed by atoms with Crippen LogP contribution in [-0.2, 0) is 24.4 Å². The van der Waals surface area contributed by atoms with Crippen LogP contribution in [-0.4, -0.2) is 6.10 Å². The van der Waals surface area contributed by atoms with Crippen molar-refractivity contribution in [3.63, 3.8) is 0 Å². The molecule has 6 atom stereocenters. The Balaban J connectivity index is 1.18. The quantitative estimate of drug-likeness (QED) is 0.338. The molecule has 0 amide bonds. The van der Waals surface area contributed by atoms with Crippen LogP contribution in [0.5, 0.6) is 5.75 Å². The molecule has 2 saturated carbocycles. The number of hydrogen-bond acceptors (Lipinski definition) is 2. The smallest absolute Gasteiger partial charge is 0.120 e. The highest BCUT2D eigenvalue weighted by molar-refractivity contribution is 5.41. The van der Waals surface area contributed by atoms with Crippen LogP contribution in [0.15, 0.2) is 78.9 Å². The fourth-order valence-corrected chi connectivity index (χ4v) is 8.19. The molecule has 188 valence electrons. The molecule has 0 spiro atoms. The molecule has 2 heteroatoms. The Morgan fingerprint density at radius 3 is 2.31 bits per heavy atom. The first-order valence-electron chi connectivity index (χ1n) is 14.1. The van der Waals surface area contributed by atoms with Crippen molar-refractivity contribution in [2.45, 2.75) is 77.6 Å².